The summed E-state index contributed by atoms with van der Waals surface area (Å²) in [6.07, 6.45) is 0.520. The number of rotatable bonds is 4. The number of hydrogen-bond acceptors (Lipinski definition) is 3. The van der Waals surface area contributed by atoms with Gasteiger partial charge in [0.2, 0.25) is 5.91 Å². The maximum absolute atomic E-state index is 11.1. The SMILES string of the molecule is CNC(=O)C(C)CC(C)C(=O)OC. The Morgan fingerprint density at radius 2 is 1.85 bits per heavy atom. The Morgan fingerprint density at radius 1 is 1.31 bits per heavy atom. The van der Waals surface area contributed by atoms with E-state index < -0.39 is 0 Å². The Morgan fingerprint density at radius 3 is 2.23 bits per heavy atom. The predicted octanol–water partition coefficient (Wildman–Crippen LogP) is 0.568. The molecule has 1 N–H and O–H groups in total. The van der Waals surface area contributed by atoms with Crippen molar-refractivity contribution >= 4 is 11.9 Å². The summed E-state index contributed by atoms with van der Waals surface area (Å²) in [6, 6.07) is 0. The first kappa shape index (κ1) is 11.9. The lowest BCUT2D eigenvalue weighted by Crippen LogP contribution is -2.28. The third-order valence-corrected chi connectivity index (χ3v) is 2.00. The second kappa shape index (κ2) is 5.56. The molecule has 0 heterocycles. The smallest absolute Gasteiger partial charge is 0.308 e. The van der Waals surface area contributed by atoms with E-state index in [0.717, 1.165) is 0 Å². The van der Waals surface area contributed by atoms with E-state index in [1.807, 2.05) is 0 Å². The highest BCUT2D eigenvalue weighted by Crippen LogP contribution is 2.12. The minimum Gasteiger partial charge on any atom is -0.469 e. The third kappa shape index (κ3) is 3.92. The van der Waals surface area contributed by atoms with Gasteiger partial charge in [0.1, 0.15) is 0 Å². The number of methoxy groups -OCH3 is 1. The molecule has 2 atom stereocenters. The summed E-state index contributed by atoms with van der Waals surface area (Å²) >= 11 is 0. The zero-order valence-corrected chi connectivity index (χ0v) is 8.59. The molecule has 13 heavy (non-hydrogen) atoms. The van der Waals surface area contributed by atoms with Crippen LogP contribution in [0.5, 0.6) is 0 Å². The average Bonchev–Trinajstić information content (AvgIpc) is 2.14. The van der Waals surface area contributed by atoms with Gasteiger partial charge in [-0.3, -0.25) is 9.59 Å². The summed E-state index contributed by atoms with van der Waals surface area (Å²) in [6.45, 7) is 3.55. The monoisotopic (exact) mass is 187 g/mol. The van der Waals surface area contributed by atoms with E-state index in [1.54, 1.807) is 20.9 Å². The molecule has 1 amide bonds. The van der Waals surface area contributed by atoms with Gasteiger partial charge < -0.3 is 10.1 Å². The molecule has 0 aromatic rings. The van der Waals surface area contributed by atoms with Gasteiger partial charge in [-0.2, -0.15) is 0 Å². The molecular formula is C9H17NO3. The van der Waals surface area contributed by atoms with Crippen LogP contribution in [0.2, 0.25) is 0 Å². The molecule has 0 radical (unpaired) electrons. The standard InChI is InChI=1S/C9H17NO3/c1-6(8(11)10-3)5-7(2)9(12)13-4/h6-7H,5H2,1-4H3,(H,10,11). The first-order chi connectivity index (χ1) is 6.02. The van der Waals surface area contributed by atoms with Gasteiger partial charge in [-0.1, -0.05) is 13.8 Å². The van der Waals surface area contributed by atoms with Crippen molar-refractivity contribution in [3.63, 3.8) is 0 Å². The number of amides is 1. The van der Waals surface area contributed by atoms with E-state index in [4.69, 9.17) is 0 Å². The highest BCUT2D eigenvalue weighted by atomic mass is 16.5. The van der Waals surface area contributed by atoms with Crippen LogP contribution in [0.3, 0.4) is 0 Å². The van der Waals surface area contributed by atoms with Crippen LogP contribution in [0.4, 0.5) is 0 Å². The summed E-state index contributed by atoms with van der Waals surface area (Å²) in [5.74, 6) is -0.692. The van der Waals surface area contributed by atoms with Crippen molar-refractivity contribution in [2.24, 2.45) is 11.8 Å². The van der Waals surface area contributed by atoms with Gasteiger partial charge in [0.05, 0.1) is 13.0 Å². The summed E-state index contributed by atoms with van der Waals surface area (Å²) < 4.78 is 4.56. The van der Waals surface area contributed by atoms with Gasteiger partial charge >= 0.3 is 5.97 Å². The van der Waals surface area contributed by atoms with Crippen molar-refractivity contribution < 1.29 is 14.3 Å². The van der Waals surface area contributed by atoms with Gasteiger partial charge in [0.25, 0.3) is 0 Å². The maximum atomic E-state index is 11.1. The number of hydrogen-bond donors (Lipinski definition) is 1. The number of carbonyl (C=O) groups is 2. The zero-order valence-electron chi connectivity index (χ0n) is 8.59. The van der Waals surface area contributed by atoms with Crippen LogP contribution in [0, 0.1) is 11.8 Å². The van der Waals surface area contributed by atoms with Gasteiger partial charge in [0.15, 0.2) is 0 Å². The van der Waals surface area contributed by atoms with E-state index in [1.165, 1.54) is 7.11 Å². The molecule has 76 valence electrons. The highest BCUT2D eigenvalue weighted by Gasteiger charge is 2.20. The quantitative estimate of drug-likeness (QED) is 0.654. The summed E-state index contributed by atoms with van der Waals surface area (Å²) in [4.78, 5) is 22.1. The van der Waals surface area contributed by atoms with Crippen molar-refractivity contribution in [2.75, 3.05) is 14.2 Å². The molecule has 0 aromatic heterocycles. The minimum absolute atomic E-state index is 0.0456. The fourth-order valence-corrected chi connectivity index (χ4v) is 1.18. The Labute approximate surface area is 78.6 Å². The number of carbonyl (C=O) groups excluding carboxylic acids is 2. The number of esters is 1. The minimum atomic E-state index is -0.268. The molecule has 0 saturated carbocycles. The molecule has 0 bridgehead atoms. The zero-order chi connectivity index (χ0) is 10.4. The third-order valence-electron chi connectivity index (χ3n) is 2.00. The normalized spacial score (nSPS) is 14.5. The van der Waals surface area contributed by atoms with E-state index in [0.29, 0.717) is 6.42 Å². The lowest BCUT2D eigenvalue weighted by Gasteiger charge is -2.13. The van der Waals surface area contributed by atoms with Crippen molar-refractivity contribution in [3.8, 4) is 0 Å². The Kier molecular flexibility index (Phi) is 5.11. The fourth-order valence-electron chi connectivity index (χ4n) is 1.18. The van der Waals surface area contributed by atoms with Crippen LogP contribution in [0.1, 0.15) is 20.3 Å². The van der Waals surface area contributed by atoms with Gasteiger partial charge in [-0.15, -0.1) is 0 Å². The molecule has 0 spiro atoms. The topological polar surface area (TPSA) is 55.4 Å². The van der Waals surface area contributed by atoms with E-state index >= 15 is 0 Å². The van der Waals surface area contributed by atoms with E-state index in [9.17, 15) is 9.59 Å². The van der Waals surface area contributed by atoms with Crippen molar-refractivity contribution in [3.05, 3.63) is 0 Å². The number of ether oxygens (including phenoxy) is 1. The van der Waals surface area contributed by atoms with Crippen LogP contribution in [-0.4, -0.2) is 26.0 Å². The molecular weight excluding hydrogens is 170 g/mol. The van der Waals surface area contributed by atoms with Gasteiger partial charge in [-0.05, 0) is 6.42 Å². The second-order valence-electron chi connectivity index (χ2n) is 3.18. The van der Waals surface area contributed by atoms with E-state index in [2.05, 4.69) is 10.1 Å². The summed E-state index contributed by atoms with van der Waals surface area (Å²) in [7, 11) is 2.94. The molecule has 4 nitrogen and oxygen atoms in total. The van der Waals surface area contributed by atoms with Crippen LogP contribution < -0.4 is 5.32 Å². The van der Waals surface area contributed by atoms with Crippen LogP contribution in [0.25, 0.3) is 0 Å². The Balaban J connectivity index is 3.98. The molecule has 2 unspecified atom stereocenters. The molecule has 0 fully saturated rings. The lowest BCUT2D eigenvalue weighted by atomic mass is 9.97. The van der Waals surface area contributed by atoms with Gasteiger partial charge in [0, 0.05) is 13.0 Å². The average molecular weight is 187 g/mol. The lowest BCUT2D eigenvalue weighted by molar-refractivity contribution is -0.145. The summed E-state index contributed by atoms with van der Waals surface area (Å²) in [5.41, 5.74) is 0. The molecule has 4 heteroatoms. The molecule has 0 aliphatic heterocycles. The molecule has 0 rings (SSSR count). The van der Waals surface area contributed by atoms with Crippen LogP contribution in [0.15, 0.2) is 0 Å². The Hall–Kier alpha value is -1.06. The van der Waals surface area contributed by atoms with Crippen LogP contribution in [-0.2, 0) is 14.3 Å². The maximum Gasteiger partial charge on any atom is 0.308 e. The molecule has 0 saturated heterocycles. The number of nitrogens with one attached hydrogen (secondary N) is 1. The van der Waals surface area contributed by atoms with Crippen molar-refractivity contribution in [1.82, 2.24) is 5.32 Å². The predicted molar refractivity (Wildman–Crippen MR) is 49.0 cm³/mol. The summed E-state index contributed by atoms with van der Waals surface area (Å²) in [5, 5.41) is 2.54. The molecule has 0 aliphatic rings. The van der Waals surface area contributed by atoms with Crippen molar-refractivity contribution in [2.45, 2.75) is 20.3 Å². The van der Waals surface area contributed by atoms with E-state index in [-0.39, 0.29) is 23.7 Å². The van der Waals surface area contributed by atoms with Gasteiger partial charge in [-0.25, -0.2) is 0 Å². The van der Waals surface area contributed by atoms with Crippen molar-refractivity contribution in [1.29, 1.82) is 0 Å². The first-order valence-corrected chi connectivity index (χ1v) is 4.32. The second-order valence-corrected chi connectivity index (χ2v) is 3.18. The molecule has 0 aliphatic carbocycles. The largest absolute Gasteiger partial charge is 0.469 e. The Bertz CT molecular complexity index is 171. The molecule has 0 aromatic carbocycles. The first-order valence-electron chi connectivity index (χ1n) is 4.32. The van der Waals surface area contributed by atoms with Crippen LogP contribution >= 0.6 is 0 Å². The highest BCUT2D eigenvalue weighted by molar-refractivity contribution is 5.79. The fraction of sp³-hybridized carbons (Fsp3) is 0.778.